The number of rotatable bonds is 4. The van der Waals surface area contributed by atoms with Crippen LogP contribution in [0, 0.1) is 0 Å². The molecule has 0 bridgehead atoms. The first-order valence-corrected chi connectivity index (χ1v) is 6.75. The maximum absolute atomic E-state index is 5.84. The molecule has 1 unspecified atom stereocenters. The Morgan fingerprint density at radius 1 is 1.45 bits per heavy atom. The van der Waals surface area contributed by atoms with Gasteiger partial charge in [0.2, 0.25) is 11.7 Å². The van der Waals surface area contributed by atoms with Crippen LogP contribution in [0.25, 0.3) is 11.6 Å². The Kier molecular flexibility index (Phi) is 3.81. The van der Waals surface area contributed by atoms with Crippen LogP contribution in [0.3, 0.4) is 0 Å². The van der Waals surface area contributed by atoms with Gasteiger partial charge in [-0.05, 0) is 19.2 Å². The van der Waals surface area contributed by atoms with E-state index in [9.17, 15) is 0 Å². The number of furan rings is 1. The van der Waals surface area contributed by atoms with Gasteiger partial charge in [-0.2, -0.15) is 4.98 Å². The van der Waals surface area contributed by atoms with Crippen LogP contribution in [0.5, 0.6) is 0 Å². The lowest BCUT2D eigenvalue weighted by atomic mass is 10.2. The lowest BCUT2D eigenvalue weighted by Gasteiger charge is -2.38. The van der Waals surface area contributed by atoms with Crippen LogP contribution in [0.1, 0.15) is 5.89 Å². The average molecular weight is 277 g/mol. The van der Waals surface area contributed by atoms with Crippen LogP contribution < -0.4 is 5.73 Å². The van der Waals surface area contributed by atoms with Gasteiger partial charge < -0.3 is 19.6 Å². The van der Waals surface area contributed by atoms with Crippen LogP contribution in [0.15, 0.2) is 27.3 Å². The number of hydrogen-bond acceptors (Lipinski definition) is 7. The Labute approximate surface area is 117 Å². The van der Waals surface area contributed by atoms with Crippen molar-refractivity contribution in [1.82, 2.24) is 19.9 Å². The van der Waals surface area contributed by atoms with Gasteiger partial charge in [0, 0.05) is 32.2 Å². The van der Waals surface area contributed by atoms with E-state index in [0.717, 1.165) is 19.6 Å². The number of likely N-dealkylation sites (N-methyl/N-ethyl adjacent to an activating group) is 1. The highest BCUT2D eigenvalue weighted by Gasteiger charge is 2.25. The Morgan fingerprint density at radius 2 is 2.35 bits per heavy atom. The summed E-state index contributed by atoms with van der Waals surface area (Å²) in [6.45, 7) is 4.20. The summed E-state index contributed by atoms with van der Waals surface area (Å²) in [6, 6.07) is 3.94. The normalized spacial score (nSPS) is 21.4. The minimum Gasteiger partial charge on any atom is -0.461 e. The Morgan fingerprint density at radius 3 is 3.10 bits per heavy atom. The second kappa shape index (κ2) is 5.74. The van der Waals surface area contributed by atoms with Crippen molar-refractivity contribution < 1.29 is 8.94 Å². The third-order valence-electron chi connectivity index (χ3n) is 3.63. The zero-order chi connectivity index (χ0) is 13.9. The van der Waals surface area contributed by atoms with Gasteiger partial charge in [0.25, 0.3) is 0 Å². The summed E-state index contributed by atoms with van der Waals surface area (Å²) < 4.78 is 10.5. The molecule has 0 radical (unpaired) electrons. The van der Waals surface area contributed by atoms with Crippen LogP contribution in [0.2, 0.25) is 0 Å². The average Bonchev–Trinajstić information content (AvgIpc) is 3.11. The van der Waals surface area contributed by atoms with Crippen molar-refractivity contribution in [3.8, 4) is 11.6 Å². The summed E-state index contributed by atoms with van der Waals surface area (Å²) in [5.74, 6) is 1.71. The molecule has 2 aromatic heterocycles. The van der Waals surface area contributed by atoms with Crippen molar-refractivity contribution in [3.63, 3.8) is 0 Å². The number of nitrogens with two attached hydrogens (primary N) is 1. The summed E-state index contributed by atoms with van der Waals surface area (Å²) in [6.07, 6.45) is 1.59. The van der Waals surface area contributed by atoms with Gasteiger partial charge in [-0.25, -0.2) is 0 Å². The van der Waals surface area contributed by atoms with Crippen LogP contribution in [-0.2, 0) is 6.54 Å². The second-order valence-electron chi connectivity index (χ2n) is 5.11. The van der Waals surface area contributed by atoms with Crippen LogP contribution in [-0.4, -0.2) is 59.2 Å². The molecule has 3 rings (SSSR count). The van der Waals surface area contributed by atoms with Gasteiger partial charge >= 0.3 is 0 Å². The molecule has 1 saturated heterocycles. The fourth-order valence-corrected chi connectivity index (χ4v) is 2.48. The summed E-state index contributed by atoms with van der Waals surface area (Å²) >= 11 is 0. The molecule has 0 spiro atoms. The molecular weight excluding hydrogens is 258 g/mol. The fourth-order valence-electron chi connectivity index (χ4n) is 2.48. The van der Waals surface area contributed by atoms with Crippen molar-refractivity contribution in [1.29, 1.82) is 0 Å². The second-order valence-corrected chi connectivity index (χ2v) is 5.11. The van der Waals surface area contributed by atoms with Crippen molar-refractivity contribution in [3.05, 3.63) is 24.3 Å². The summed E-state index contributed by atoms with van der Waals surface area (Å²) in [7, 11) is 2.11. The largest absolute Gasteiger partial charge is 0.461 e. The minimum absolute atomic E-state index is 0.327. The molecule has 2 aromatic rings. The molecule has 0 aromatic carbocycles. The molecule has 20 heavy (non-hydrogen) atoms. The van der Waals surface area contributed by atoms with E-state index >= 15 is 0 Å². The Hall–Kier alpha value is -1.70. The highest BCUT2D eigenvalue weighted by atomic mass is 16.5. The third-order valence-corrected chi connectivity index (χ3v) is 3.63. The molecule has 2 N–H and O–H groups in total. The number of aromatic nitrogens is 2. The van der Waals surface area contributed by atoms with E-state index in [1.54, 1.807) is 12.3 Å². The number of hydrogen-bond donors (Lipinski definition) is 1. The first kappa shape index (κ1) is 13.3. The summed E-state index contributed by atoms with van der Waals surface area (Å²) in [5.41, 5.74) is 5.84. The van der Waals surface area contributed by atoms with Crippen molar-refractivity contribution in [2.24, 2.45) is 5.73 Å². The van der Waals surface area contributed by atoms with Crippen molar-refractivity contribution in [2.75, 3.05) is 33.2 Å². The van der Waals surface area contributed by atoms with E-state index in [2.05, 4.69) is 27.0 Å². The number of nitrogens with zero attached hydrogens (tertiary/aromatic N) is 4. The zero-order valence-corrected chi connectivity index (χ0v) is 11.5. The quantitative estimate of drug-likeness (QED) is 0.866. The van der Waals surface area contributed by atoms with Crippen LogP contribution in [0.4, 0.5) is 0 Å². The first-order chi connectivity index (χ1) is 9.76. The Balaban J connectivity index is 1.68. The van der Waals surface area contributed by atoms with Crippen molar-refractivity contribution in [2.45, 2.75) is 12.6 Å². The fraction of sp³-hybridized carbons (Fsp3) is 0.538. The molecule has 0 saturated carbocycles. The maximum atomic E-state index is 5.84. The molecule has 1 aliphatic heterocycles. The molecule has 0 aliphatic carbocycles. The van der Waals surface area contributed by atoms with E-state index in [0.29, 0.717) is 36.6 Å². The SMILES string of the molecule is CN1CCN(Cc2nc(-c3ccco3)no2)C(CN)C1. The highest BCUT2D eigenvalue weighted by molar-refractivity contribution is 5.44. The molecule has 108 valence electrons. The topological polar surface area (TPSA) is 84.6 Å². The van der Waals surface area contributed by atoms with Gasteiger partial charge in [-0.15, -0.1) is 0 Å². The molecule has 7 heteroatoms. The molecular formula is C13H19N5O2. The standard InChI is InChI=1S/C13H19N5O2/c1-17-4-5-18(10(7-14)8-17)9-12-15-13(16-20-12)11-3-2-6-19-11/h2-3,6,10H,4-5,7-9,14H2,1H3. The smallest absolute Gasteiger partial charge is 0.241 e. The predicted octanol–water partition coefficient (Wildman–Crippen LogP) is 0.404. The predicted molar refractivity (Wildman–Crippen MR) is 72.7 cm³/mol. The molecule has 7 nitrogen and oxygen atoms in total. The lowest BCUT2D eigenvalue weighted by molar-refractivity contribution is 0.0784. The van der Waals surface area contributed by atoms with Gasteiger partial charge in [-0.1, -0.05) is 5.16 Å². The van der Waals surface area contributed by atoms with Crippen molar-refractivity contribution >= 4 is 0 Å². The maximum Gasteiger partial charge on any atom is 0.241 e. The first-order valence-electron chi connectivity index (χ1n) is 6.75. The summed E-state index contributed by atoms with van der Waals surface area (Å²) in [4.78, 5) is 8.95. The Bertz CT molecular complexity index is 539. The van der Waals surface area contributed by atoms with Gasteiger partial charge in [0.05, 0.1) is 12.8 Å². The third kappa shape index (κ3) is 2.74. The number of piperazine rings is 1. The summed E-state index contributed by atoms with van der Waals surface area (Å²) in [5, 5.41) is 3.94. The zero-order valence-electron chi connectivity index (χ0n) is 11.5. The highest BCUT2D eigenvalue weighted by Crippen LogP contribution is 2.17. The monoisotopic (exact) mass is 277 g/mol. The van der Waals surface area contributed by atoms with Gasteiger partial charge in [0.1, 0.15) is 0 Å². The minimum atomic E-state index is 0.327. The van der Waals surface area contributed by atoms with Gasteiger partial charge in [-0.3, -0.25) is 4.90 Å². The van der Waals surface area contributed by atoms with Crippen LogP contribution >= 0.6 is 0 Å². The molecule has 3 heterocycles. The molecule has 0 amide bonds. The van der Waals surface area contributed by atoms with E-state index in [1.807, 2.05) is 6.07 Å². The van der Waals surface area contributed by atoms with E-state index in [1.165, 1.54) is 0 Å². The van der Waals surface area contributed by atoms with E-state index in [4.69, 9.17) is 14.7 Å². The molecule has 1 aliphatic rings. The lowest BCUT2D eigenvalue weighted by Crippen LogP contribution is -2.54. The van der Waals surface area contributed by atoms with Gasteiger partial charge in [0.15, 0.2) is 5.76 Å². The molecule has 1 fully saturated rings. The van der Waals surface area contributed by atoms with E-state index < -0.39 is 0 Å². The van der Waals surface area contributed by atoms with E-state index in [-0.39, 0.29) is 0 Å². The molecule has 1 atom stereocenters.